The molecule has 0 saturated heterocycles. The van der Waals surface area contributed by atoms with Crippen LogP contribution >= 0.6 is 11.6 Å². The first kappa shape index (κ1) is 20.5. The van der Waals surface area contributed by atoms with Crippen molar-refractivity contribution in [2.75, 3.05) is 0 Å². The Morgan fingerprint density at radius 3 is 2.26 bits per heavy atom. The van der Waals surface area contributed by atoms with Crippen molar-refractivity contribution in [3.8, 4) is 5.69 Å². The average Bonchev–Trinajstić information content (AvgIpc) is 2.62. The van der Waals surface area contributed by atoms with E-state index in [0.29, 0.717) is 16.0 Å². The number of hydrogen-bond acceptors (Lipinski definition) is 3. The minimum atomic E-state index is -5.08. The maximum Gasteiger partial charge on any atom is 0.490 e. The van der Waals surface area contributed by atoms with E-state index in [2.05, 4.69) is 0 Å². The van der Waals surface area contributed by atoms with Crippen molar-refractivity contribution < 1.29 is 23.1 Å². The second-order valence-electron chi connectivity index (χ2n) is 5.36. The quantitative estimate of drug-likeness (QED) is 0.688. The minimum absolute atomic E-state index is 0.0358. The molecule has 2 aromatic carbocycles. The summed E-state index contributed by atoms with van der Waals surface area (Å²) in [4.78, 5) is 21.2. The summed E-state index contributed by atoms with van der Waals surface area (Å²) in [5, 5.41) is 8.35. The van der Waals surface area contributed by atoms with E-state index in [4.69, 9.17) is 27.2 Å². The highest BCUT2D eigenvalue weighted by atomic mass is 35.5. The standard InChI is InChI=1S/C16H13ClN2O.C2HF3O2/c17-12-6-7-14-15(8-12)19(10-11(9-18)16(14)20)13-4-2-1-3-5-13;3-2(4,5)1(6)7/h1-8,10H,9,18H2;(H,6,7). The van der Waals surface area contributed by atoms with Crippen LogP contribution in [0.5, 0.6) is 0 Å². The van der Waals surface area contributed by atoms with E-state index in [-0.39, 0.29) is 12.0 Å². The molecule has 0 amide bonds. The van der Waals surface area contributed by atoms with Crippen molar-refractivity contribution in [2.45, 2.75) is 12.7 Å². The molecule has 9 heteroatoms. The third-order valence-corrected chi connectivity index (χ3v) is 3.77. The lowest BCUT2D eigenvalue weighted by Gasteiger charge is -2.13. The van der Waals surface area contributed by atoms with Crippen LogP contribution in [0.3, 0.4) is 0 Å². The molecule has 0 aliphatic heterocycles. The van der Waals surface area contributed by atoms with Gasteiger partial charge >= 0.3 is 12.1 Å². The second-order valence-corrected chi connectivity index (χ2v) is 5.79. The van der Waals surface area contributed by atoms with Gasteiger partial charge in [0.05, 0.1) is 5.52 Å². The number of fused-ring (bicyclic) bond motifs is 1. The number of halogens is 4. The van der Waals surface area contributed by atoms with Gasteiger partial charge in [0.2, 0.25) is 0 Å². The molecule has 3 aromatic rings. The minimum Gasteiger partial charge on any atom is -0.475 e. The second kappa shape index (κ2) is 8.24. The maximum absolute atomic E-state index is 12.3. The Bertz CT molecular complexity index is 1020. The zero-order valence-corrected chi connectivity index (χ0v) is 14.5. The molecule has 3 N–H and O–H groups in total. The van der Waals surface area contributed by atoms with Crippen molar-refractivity contribution in [2.24, 2.45) is 5.73 Å². The lowest BCUT2D eigenvalue weighted by Crippen LogP contribution is -2.21. The summed E-state index contributed by atoms with van der Waals surface area (Å²) >= 11 is 6.06. The lowest BCUT2D eigenvalue weighted by molar-refractivity contribution is -0.192. The highest BCUT2D eigenvalue weighted by Crippen LogP contribution is 2.21. The molecule has 27 heavy (non-hydrogen) atoms. The number of benzene rings is 2. The van der Waals surface area contributed by atoms with Crippen LogP contribution in [0, 0.1) is 0 Å². The van der Waals surface area contributed by atoms with Gasteiger partial charge in [-0.25, -0.2) is 4.79 Å². The fraction of sp³-hybridized carbons (Fsp3) is 0.111. The number of carboxylic acid groups (broad SMARTS) is 1. The van der Waals surface area contributed by atoms with Gasteiger partial charge < -0.3 is 15.4 Å². The number of nitrogens with two attached hydrogens (primary N) is 1. The van der Waals surface area contributed by atoms with E-state index in [1.165, 1.54) is 0 Å². The first-order chi connectivity index (χ1) is 12.6. The van der Waals surface area contributed by atoms with Gasteiger partial charge in [-0.3, -0.25) is 4.79 Å². The maximum atomic E-state index is 12.3. The molecule has 0 aliphatic carbocycles. The van der Waals surface area contributed by atoms with Gasteiger partial charge in [-0.15, -0.1) is 0 Å². The number of aliphatic carboxylic acids is 1. The zero-order chi connectivity index (χ0) is 20.2. The number of rotatable bonds is 2. The molecule has 1 heterocycles. The molecule has 0 aliphatic rings. The van der Waals surface area contributed by atoms with E-state index in [1.807, 2.05) is 34.9 Å². The molecule has 5 nitrogen and oxygen atoms in total. The smallest absolute Gasteiger partial charge is 0.475 e. The number of carbonyl (C=O) groups is 1. The van der Waals surface area contributed by atoms with E-state index < -0.39 is 12.1 Å². The van der Waals surface area contributed by atoms with Crippen molar-refractivity contribution in [1.29, 1.82) is 0 Å². The molecule has 3 rings (SSSR count). The monoisotopic (exact) mass is 398 g/mol. The Balaban J connectivity index is 0.000000321. The summed E-state index contributed by atoms with van der Waals surface area (Å²) in [6.07, 6.45) is -3.30. The molecule has 0 atom stereocenters. The lowest BCUT2D eigenvalue weighted by atomic mass is 10.1. The fourth-order valence-corrected chi connectivity index (χ4v) is 2.47. The number of para-hydroxylation sites is 1. The molecule has 142 valence electrons. The number of nitrogens with zero attached hydrogens (tertiary/aromatic N) is 1. The summed E-state index contributed by atoms with van der Waals surface area (Å²) < 4.78 is 33.7. The Morgan fingerprint density at radius 2 is 1.74 bits per heavy atom. The van der Waals surface area contributed by atoms with Crippen LogP contribution in [0.1, 0.15) is 5.56 Å². The molecular weight excluding hydrogens is 385 g/mol. The van der Waals surface area contributed by atoms with E-state index in [1.54, 1.807) is 24.4 Å². The van der Waals surface area contributed by atoms with Crippen LogP contribution < -0.4 is 11.2 Å². The predicted octanol–water partition coefficient (Wildman–Crippen LogP) is 3.74. The normalized spacial score (nSPS) is 11.0. The van der Waals surface area contributed by atoms with Gasteiger partial charge in [-0.05, 0) is 30.3 Å². The van der Waals surface area contributed by atoms with Crippen LogP contribution in [-0.4, -0.2) is 21.8 Å². The Kier molecular flexibility index (Phi) is 6.24. The summed E-state index contributed by atoms with van der Waals surface area (Å²) in [5.41, 5.74) is 7.98. The highest BCUT2D eigenvalue weighted by Gasteiger charge is 2.38. The molecule has 0 bridgehead atoms. The number of alkyl halides is 3. The number of hydrogen-bond donors (Lipinski definition) is 2. The van der Waals surface area contributed by atoms with Crippen molar-refractivity contribution in [3.05, 3.63) is 75.5 Å². The van der Waals surface area contributed by atoms with Gasteiger partial charge in [0.15, 0.2) is 5.43 Å². The van der Waals surface area contributed by atoms with Crippen LogP contribution in [0.2, 0.25) is 5.02 Å². The molecule has 0 saturated carbocycles. The average molecular weight is 399 g/mol. The van der Waals surface area contributed by atoms with Crippen LogP contribution in [-0.2, 0) is 11.3 Å². The Hall–Kier alpha value is -2.84. The van der Waals surface area contributed by atoms with E-state index >= 15 is 0 Å². The highest BCUT2D eigenvalue weighted by molar-refractivity contribution is 6.31. The summed E-state index contributed by atoms with van der Waals surface area (Å²) in [6, 6.07) is 15.1. The van der Waals surface area contributed by atoms with Crippen molar-refractivity contribution in [1.82, 2.24) is 4.57 Å². The van der Waals surface area contributed by atoms with Gasteiger partial charge in [0.25, 0.3) is 0 Å². The SMILES string of the molecule is NCc1cn(-c2ccccc2)c2cc(Cl)ccc2c1=O.O=C(O)C(F)(F)F. The van der Waals surface area contributed by atoms with Crippen molar-refractivity contribution in [3.63, 3.8) is 0 Å². The van der Waals surface area contributed by atoms with Crippen LogP contribution in [0.4, 0.5) is 13.2 Å². The van der Waals surface area contributed by atoms with Crippen LogP contribution in [0.25, 0.3) is 16.6 Å². The van der Waals surface area contributed by atoms with E-state index in [9.17, 15) is 18.0 Å². The summed E-state index contributed by atoms with van der Waals surface area (Å²) in [7, 11) is 0. The number of carboxylic acids is 1. The summed E-state index contributed by atoms with van der Waals surface area (Å²) in [5.74, 6) is -2.76. The van der Waals surface area contributed by atoms with Crippen molar-refractivity contribution >= 4 is 28.5 Å². The number of pyridine rings is 1. The van der Waals surface area contributed by atoms with E-state index in [0.717, 1.165) is 11.2 Å². The fourth-order valence-electron chi connectivity index (χ4n) is 2.30. The third-order valence-electron chi connectivity index (χ3n) is 3.54. The van der Waals surface area contributed by atoms with Crippen LogP contribution in [0.15, 0.2) is 59.5 Å². The largest absolute Gasteiger partial charge is 0.490 e. The molecule has 0 radical (unpaired) electrons. The van der Waals surface area contributed by atoms with Gasteiger partial charge in [0, 0.05) is 34.4 Å². The van der Waals surface area contributed by atoms with Gasteiger partial charge in [-0.1, -0.05) is 29.8 Å². The van der Waals surface area contributed by atoms with Gasteiger partial charge in [0.1, 0.15) is 0 Å². The first-order valence-corrected chi connectivity index (χ1v) is 7.92. The van der Waals surface area contributed by atoms with Gasteiger partial charge in [-0.2, -0.15) is 13.2 Å². The Morgan fingerprint density at radius 1 is 1.15 bits per heavy atom. The molecule has 1 aromatic heterocycles. The molecular formula is C18H14ClF3N2O3. The number of aromatic nitrogens is 1. The third kappa shape index (κ3) is 4.87. The molecule has 0 unspecified atom stereocenters. The molecule has 0 spiro atoms. The summed E-state index contributed by atoms with van der Waals surface area (Å²) in [6.45, 7) is 0.213. The first-order valence-electron chi connectivity index (χ1n) is 7.54. The molecule has 0 fully saturated rings. The zero-order valence-electron chi connectivity index (χ0n) is 13.7. The Labute approximate surface area is 156 Å². The predicted molar refractivity (Wildman–Crippen MR) is 96.1 cm³/mol. The topological polar surface area (TPSA) is 85.3 Å².